The van der Waals surface area contributed by atoms with Gasteiger partial charge in [0, 0.05) is 0 Å². The van der Waals surface area contributed by atoms with Gasteiger partial charge in [-0.3, -0.25) is 9.59 Å². The second kappa shape index (κ2) is 24.9. The van der Waals surface area contributed by atoms with Gasteiger partial charge in [-0.15, -0.1) is 12.8 Å². The van der Waals surface area contributed by atoms with Crippen LogP contribution in [-0.4, -0.2) is 11.6 Å². The zero-order valence-corrected chi connectivity index (χ0v) is 20.2. The molecule has 0 aromatic carbocycles. The third kappa shape index (κ3) is 24.0. The Hall–Kier alpha value is -2.32. The van der Waals surface area contributed by atoms with E-state index in [1.54, 1.807) is 0 Å². The van der Waals surface area contributed by atoms with E-state index in [2.05, 4.69) is 24.0 Å². The molecule has 0 bridgehead atoms. The fourth-order valence-electron chi connectivity index (χ4n) is 3.53. The van der Waals surface area contributed by atoms with Crippen LogP contribution in [0, 0.1) is 24.7 Å². The molecule has 0 aliphatic rings. The zero-order valence-electron chi connectivity index (χ0n) is 20.2. The summed E-state index contributed by atoms with van der Waals surface area (Å²) in [5.41, 5.74) is 0. The summed E-state index contributed by atoms with van der Waals surface area (Å²) in [6, 6.07) is 0. The molecule has 2 heteroatoms. The van der Waals surface area contributed by atoms with Crippen LogP contribution in [0.2, 0.25) is 0 Å². The van der Waals surface area contributed by atoms with Crippen molar-refractivity contribution in [3.63, 3.8) is 0 Å². The van der Waals surface area contributed by atoms with Gasteiger partial charge in [-0.2, -0.15) is 0 Å². The second-order valence-corrected chi connectivity index (χ2v) is 8.40. The normalized spacial score (nSPS) is 11.3. The van der Waals surface area contributed by atoms with Crippen LogP contribution >= 0.6 is 0 Å². The molecule has 176 valence electrons. The van der Waals surface area contributed by atoms with Crippen LogP contribution in [-0.2, 0) is 9.59 Å². The van der Waals surface area contributed by atoms with Crippen molar-refractivity contribution in [1.82, 2.24) is 0 Å². The molecule has 0 aromatic heterocycles. The van der Waals surface area contributed by atoms with Gasteiger partial charge in [-0.1, -0.05) is 88.5 Å². The summed E-state index contributed by atoms with van der Waals surface area (Å²) >= 11 is 0. The molecule has 0 unspecified atom stereocenters. The molecule has 0 fully saturated rings. The largest absolute Gasteiger partial charge is 0.280 e. The van der Waals surface area contributed by atoms with E-state index in [0.717, 1.165) is 25.7 Å². The molecular formula is C30H44O2. The van der Waals surface area contributed by atoms with Gasteiger partial charge in [0.1, 0.15) is 0 Å². The van der Waals surface area contributed by atoms with Gasteiger partial charge >= 0.3 is 0 Å². The maximum Gasteiger partial charge on any atom is 0.228 e. The number of unbranched alkanes of at least 4 members (excludes halogenated alkanes) is 16. The van der Waals surface area contributed by atoms with Gasteiger partial charge in [-0.05, 0) is 75.4 Å². The van der Waals surface area contributed by atoms with Crippen LogP contribution in [0.4, 0.5) is 0 Å². The molecule has 0 radical (unpaired) electrons. The lowest BCUT2D eigenvalue weighted by atomic mass is 10.1. The first kappa shape index (κ1) is 29.7. The van der Waals surface area contributed by atoms with E-state index >= 15 is 0 Å². The van der Waals surface area contributed by atoms with Gasteiger partial charge in [0.15, 0.2) is 0 Å². The van der Waals surface area contributed by atoms with Gasteiger partial charge in [0.2, 0.25) is 11.6 Å². The van der Waals surface area contributed by atoms with E-state index < -0.39 is 0 Å². The van der Waals surface area contributed by atoms with Crippen molar-refractivity contribution in [3.05, 3.63) is 36.5 Å². The molecule has 0 aliphatic carbocycles. The first-order valence-corrected chi connectivity index (χ1v) is 12.7. The molecule has 2 nitrogen and oxygen atoms in total. The Kier molecular flexibility index (Phi) is 23.1. The Balaban J connectivity index is 3.22. The number of hydrogen-bond acceptors (Lipinski definition) is 2. The van der Waals surface area contributed by atoms with Crippen LogP contribution in [0.25, 0.3) is 0 Å². The molecule has 0 aliphatic heterocycles. The fourth-order valence-corrected chi connectivity index (χ4v) is 3.53. The van der Waals surface area contributed by atoms with Crippen LogP contribution in [0.15, 0.2) is 36.5 Å². The fraction of sp³-hybridized carbons (Fsp3) is 0.600. The Morgan fingerprint density at radius 2 is 0.688 bits per heavy atom. The molecule has 0 aromatic rings. The molecule has 0 saturated carbocycles. The highest BCUT2D eigenvalue weighted by Gasteiger charge is 1.93. The molecule has 0 rings (SSSR count). The predicted molar refractivity (Wildman–Crippen MR) is 138 cm³/mol. The quantitative estimate of drug-likeness (QED) is 0.0565. The molecule has 0 N–H and O–H groups in total. The third-order valence-electron chi connectivity index (χ3n) is 5.47. The van der Waals surface area contributed by atoms with E-state index in [9.17, 15) is 9.59 Å². The maximum absolute atomic E-state index is 10.9. The van der Waals surface area contributed by atoms with Gasteiger partial charge in [0.25, 0.3) is 0 Å². The summed E-state index contributed by atoms with van der Waals surface area (Å²) in [6.45, 7) is 0. The summed E-state index contributed by atoms with van der Waals surface area (Å²) < 4.78 is 0. The van der Waals surface area contributed by atoms with Crippen LogP contribution in [0.1, 0.15) is 116 Å². The summed E-state index contributed by atoms with van der Waals surface area (Å²) in [4.78, 5) is 21.8. The van der Waals surface area contributed by atoms with Crippen LogP contribution < -0.4 is 0 Å². The highest BCUT2D eigenvalue weighted by Crippen LogP contribution is 2.12. The molecule has 0 saturated heterocycles. The van der Waals surface area contributed by atoms with E-state index in [0.29, 0.717) is 0 Å². The summed E-state index contributed by atoms with van der Waals surface area (Å²) in [6.07, 6.45) is 43.8. The minimum Gasteiger partial charge on any atom is -0.280 e. The standard InChI is InChI=1S/C30H44O2/c1-3-29(31)27-25-23-21-19-17-15-13-11-9-7-5-6-8-10-12-14-16-18-20-22-24-26-28-30(32)4-2/h1-2,5-6,25-28H,7-24H2. The molecule has 32 heavy (non-hydrogen) atoms. The third-order valence-corrected chi connectivity index (χ3v) is 5.47. The van der Waals surface area contributed by atoms with Crippen LogP contribution in [0.3, 0.4) is 0 Å². The van der Waals surface area contributed by atoms with E-state index in [1.807, 2.05) is 12.2 Å². The van der Waals surface area contributed by atoms with Crippen molar-refractivity contribution < 1.29 is 9.59 Å². The van der Waals surface area contributed by atoms with Gasteiger partial charge < -0.3 is 0 Å². The summed E-state index contributed by atoms with van der Waals surface area (Å²) in [5, 5.41) is 0. The Morgan fingerprint density at radius 3 is 0.969 bits per heavy atom. The number of allylic oxidation sites excluding steroid dienone is 6. The van der Waals surface area contributed by atoms with E-state index in [-0.39, 0.29) is 11.6 Å². The lowest BCUT2D eigenvalue weighted by Gasteiger charge is -2.01. The molecule has 0 spiro atoms. The lowest BCUT2D eigenvalue weighted by Crippen LogP contribution is -1.84. The van der Waals surface area contributed by atoms with Crippen molar-refractivity contribution in [2.24, 2.45) is 0 Å². The highest BCUT2D eigenvalue weighted by atomic mass is 16.1. The first-order valence-electron chi connectivity index (χ1n) is 12.7. The monoisotopic (exact) mass is 436 g/mol. The molecule has 0 amide bonds. The smallest absolute Gasteiger partial charge is 0.228 e. The maximum atomic E-state index is 10.9. The SMILES string of the molecule is C#CC(=O)C=CCCCCCCCCCC=CCCCCCCCCCC=CC(=O)C#C. The lowest BCUT2D eigenvalue weighted by molar-refractivity contribution is -0.110. The van der Waals surface area contributed by atoms with Crippen molar-refractivity contribution in [2.45, 2.75) is 116 Å². The Bertz CT molecular complexity index is 581. The Morgan fingerprint density at radius 1 is 0.438 bits per heavy atom. The van der Waals surface area contributed by atoms with Crippen molar-refractivity contribution in [1.29, 1.82) is 0 Å². The number of carbonyl (C=O) groups is 2. The summed E-state index contributed by atoms with van der Waals surface area (Å²) in [5.74, 6) is 3.72. The number of carbonyl (C=O) groups excluding carboxylic acids is 2. The number of ketones is 2. The van der Waals surface area contributed by atoms with Crippen molar-refractivity contribution in [2.75, 3.05) is 0 Å². The Labute approximate surface area is 198 Å². The van der Waals surface area contributed by atoms with Gasteiger partial charge in [-0.25, -0.2) is 0 Å². The topological polar surface area (TPSA) is 34.1 Å². The minimum atomic E-state index is -0.232. The van der Waals surface area contributed by atoms with E-state index in [4.69, 9.17) is 12.8 Å². The van der Waals surface area contributed by atoms with Crippen molar-refractivity contribution in [3.8, 4) is 24.7 Å². The average molecular weight is 437 g/mol. The van der Waals surface area contributed by atoms with Crippen LogP contribution in [0.5, 0.6) is 0 Å². The molecular weight excluding hydrogens is 392 g/mol. The first-order chi connectivity index (χ1) is 15.7. The van der Waals surface area contributed by atoms with Gasteiger partial charge in [0.05, 0.1) is 0 Å². The average Bonchev–Trinajstić information content (AvgIpc) is 2.81. The zero-order chi connectivity index (χ0) is 23.5. The highest BCUT2D eigenvalue weighted by molar-refractivity contribution is 6.04. The second-order valence-electron chi connectivity index (χ2n) is 8.40. The minimum absolute atomic E-state index is 0.232. The molecule has 0 heterocycles. The van der Waals surface area contributed by atoms with Crippen molar-refractivity contribution >= 4 is 11.6 Å². The number of hydrogen-bond donors (Lipinski definition) is 0. The van der Waals surface area contributed by atoms with E-state index in [1.165, 1.54) is 102 Å². The number of rotatable bonds is 22. The predicted octanol–water partition coefficient (Wildman–Crippen LogP) is 8.08. The number of terminal acetylenes is 2. The summed E-state index contributed by atoms with van der Waals surface area (Å²) in [7, 11) is 0. The molecule has 0 atom stereocenters.